The molecule has 0 aromatic heterocycles. The maximum absolute atomic E-state index is 5.80. The van der Waals surface area contributed by atoms with E-state index in [-0.39, 0.29) is 6.04 Å². The van der Waals surface area contributed by atoms with Crippen molar-refractivity contribution in [3.05, 3.63) is 18.2 Å². The zero-order valence-electron chi connectivity index (χ0n) is 9.35. The van der Waals surface area contributed by atoms with E-state index in [2.05, 4.69) is 4.90 Å². The minimum absolute atomic E-state index is 0.0181. The highest BCUT2D eigenvalue weighted by molar-refractivity contribution is 5.56. The van der Waals surface area contributed by atoms with Crippen LogP contribution in [0, 0.1) is 0 Å². The summed E-state index contributed by atoms with van der Waals surface area (Å²) in [6, 6.07) is 5.82. The highest BCUT2D eigenvalue weighted by atomic mass is 16.7. The highest BCUT2D eigenvalue weighted by Gasteiger charge is 2.15. The van der Waals surface area contributed by atoms with E-state index in [0.29, 0.717) is 13.3 Å². The molecule has 0 fully saturated rings. The van der Waals surface area contributed by atoms with Crippen molar-refractivity contribution < 1.29 is 9.47 Å². The third-order valence-electron chi connectivity index (χ3n) is 2.61. The number of rotatable bonds is 4. The lowest BCUT2D eigenvalue weighted by Gasteiger charge is -2.22. The maximum atomic E-state index is 5.80. The molecule has 88 valence electrons. The lowest BCUT2D eigenvalue weighted by molar-refractivity contribution is 0.174. The second-order valence-corrected chi connectivity index (χ2v) is 3.91. The van der Waals surface area contributed by atoms with Crippen LogP contribution in [0.2, 0.25) is 0 Å². The predicted octanol–water partition coefficient (Wildman–Crippen LogP) is 0.137. The zero-order valence-corrected chi connectivity index (χ0v) is 9.35. The lowest BCUT2D eigenvalue weighted by Crippen LogP contribution is -2.40. The lowest BCUT2D eigenvalue weighted by atomic mass is 10.2. The largest absolute Gasteiger partial charge is 0.454 e. The Labute approximate surface area is 94.9 Å². The predicted molar refractivity (Wildman–Crippen MR) is 62.9 cm³/mol. The number of hydrogen-bond acceptors (Lipinski definition) is 5. The van der Waals surface area contributed by atoms with Crippen LogP contribution in [0.25, 0.3) is 0 Å². The summed E-state index contributed by atoms with van der Waals surface area (Å²) in [5, 5.41) is 0. The van der Waals surface area contributed by atoms with Gasteiger partial charge < -0.3 is 25.8 Å². The van der Waals surface area contributed by atoms with Crippen molar-refractivity contribution in [2.24, 2.45) is 11.5 Å². The van der Waals surface area contributed by atoms with E-state index in [0.717, 1.165) is 23.7 Å². The third kappa shape index (κ3) is 2.20. The number of hydrogen-bond donors (Lipinski definition) is 2. The molecule has 1 heterocycles. The van der Waals surface area contributed by atoms with Gasteiger partial charge in [-0.15, -0.1) is 0 Å². The molecule has 2 rings (SSSR count). The molecular formula is C11H17N3O2. The Balaban J connectivity index is 2.09. The van der Waals surface area contributed by atoms with E-state index in [4.69, 9.17) is 20.9 Å². The van der Waals surface area contributed by atoms with Gasteiger partial charge >= 0.3 is 0 Å². The van der Waals surface area contributed by atoms with E-state index >= 15 is 0 Å². The zero-order chi connectivity index (χ0) is 11.5. The first-order valence-corrected chi connectivity index (χ1v) is 5.27. The van der Waals surface area contributed by atoms with Crippen LogP contribution < -0.4 is 25.8 Å². The van der Waals surface area contributed by atoms with Crippen LogP contribution in [0.15, 0.2) is 18.2 Å². The van der Waals surface area contributed by atoms with E-state index in [1.807, 2.05) is 25.2 Å². The fraction of sp³-hybridized carbons (Fsp3) is 0.455. The van der Waals surface area contributed by atoms with Crippen LogP contribution in [0.3, 0.4) is 0 Å². The van der Waals surface area contributed by atoms with Gasteiger partial charge in [-0.3, -0.25) is 0 Å². The summed E-state index contributed by atoms with van der Waals surface area (Å²) < 4.78 is 10.6. The molecule has 1 aromatic rings. The minimum atomic E-state index is -0.0181. The van der Waals surface area contributed by atoms with Crippen molar-refractivity contribution in [2.45, 2.75) is 6.04 Å². The Hall–Kier alpha value is -1.46. The monoisotopic (exact) mass is 223 g/mol. The van der Waals surface area contributed by atoms with Crippen molar-refractivity contribution in [1.82, 2.24) is 0 Å². The van der Waals surface area contributed by atoms with Crippen LogP contribution in [-0.4, -0.2) is 33.0 Å². The number of likely N-dealkylation sites (N-methyl/N-ethyl adjacent to an activating group) is 1. The Morgan fingerprint density at radius 2 is 2.12 bits per heavy atom. The van der Waals surface area contributed by atoms with Crippen LogP contribution in [0.4, 0.5) is 5.69 Å². The van der Waals surface area contributed by atoms with Crippen LogP contribution >= 0.6 is 0 Å². The molecule has 0 spiro atoms. The highest BCUT2D eigenvalue weighted by Crippen LogP contribution is 2.35. The smallest absolute Gasteiger partial charge is 0.231 e. The van der Waals surface area contributed by atoms with Crippen molar-refractivity contribution in [3.63, 3.8) is 0 Å². The summed E-state index contributed by atoms with van der Waals surface area (Å²) in [4.78, 5) is 2.06. The fourth-order valence-corrected chi connectivity index (χ4v) is 1.65. The summed E-state index contributed by atoms with van der Waals surface area (Å²) in [5.41, 5.74) is 12.3. The molecule has 4 N–H and O–H groups in total. The number of nitrogens with two attached hydrogens (primary N) is 2. The van der Waals surface area contributed by atoms with Crippen molar-refractivity contribution in [1.29, 1.82) is 0 Å². The van der Waals surface area contributed by atoms with E-state index in [1.54, 1.807) is 0 Å². The van der Waals surface area contributed by atoms with Crippen molar-refractivity contribution in [2.75, 3.05) is 31.8 Å². The number of fused-ring (bicyclic) bond motifs is 1. The average Bonchev–Trinajstić information content (AvgIpc) is 2.75. The molecule has 0 radical (unpaired) electrons. The van der Waals surface area contributed by atoms with Crippen molar-refractivity contribution in [3.8, 4) is 11.5 Å². The molecule has 0 bridgehead atoms. The van der Waals surface area contributed by atoms with Gasteiger partial charge in [0.05, 0.1) is 0 Å². The molecule has 1 aromatic carbocycles. The summed E-state index contributed by atoms with van der Waals surface area (Å²) in [5.74, 6) is 1.57. The van der Waals surface area contributed by atoms with Crippen molar-refractivity contribution >= 4 is 5.69 Å². The Morgan fingerprint density at radius 3 is 2.88 bits per heavy atom. The second-order valence-electron chi connectivity index (χ2n) is 3.91. The van der Waals surface area contributed by atoms with Crippen LogP contribution in [-0.2, 0) is 0 Å². The van der Waals surface area contributed by atoms with Gasteiger partial charge in [0, 0.05) is 37.9 Å². The van der Waals surface area contributed by atoms with Gasteiger partial charge in [0.15, 0.2) is 11.5 Å². The molecule has 1 unspecified atom stereocenters. The topological polar surface area (TPSA) is 73.7 Å². The third-order valence-corrected chi connectivity index (χ3v) is 2.61. The quantitative estimate of drug-likeness (QED) is 0.759. The first-order chi connectivity index (χ1) is 7.70. The van der Waals surface area contributed by atoms with Gasteiger partial charge in [0.1, 0.15) is 0 Å². The maximum Gasteiger partial charge on any atom is 0.231 e. The fourth-order valence-electron chi connectivity index (χ4n) is 1.65. The Morgan fingerprint density at radius 1 is 1.38 bits per heavy atom. The molecule has 1 aliphatic heterocycles. The van der Waals surface area contributed by atoms with E-state index in [9.17, 15) is 0 Å². The second kappa shape index (κ2) is 4.59. The van der Waals surface area contributed by atoms with Gasteiger partial charge in [0.25, 0.3) is 0 Å². The van der Waals surface area contributed by atoms with Crippen LogP contribution in [0.5, 0.6) is 11.5 Å². The summed E-state index contributed by atoms with van der Waals surface area (Å²) in [7, 11) is 1.98. The van der Waals surface area contributed by atoms with Gasteiger partial charge in [0.2, 0.25) is 6.79 Å². The number of ether oxygens (including phenoxy) is 2. The molecule has 1 atom stereocenters. The summed E-state index contributed by atoms with van der Waals surface area (Å²) >= 11 is 0. The summed E-state index contributed by atoms with van der Waals surface area (Å²) in [6.45, 7) is 1.50. The number of benzene rings is 1. The number of anilines is 1. The van der Waals surface area contributed by atoms with Gasteiger partial charge in [-0.2, -0.15) is 0 Å². The molecule has 0 saturated heterocycles. The van der Waals surface area contributed by atoms with Crippen LogP contribution in [0.1, 0.15) is 0 Å². The standard InChI is InChI=1S/C11H17N3O2/c1-14(6-8(13)5-12)9-2-3-10-11(4-9)16-7-15-10/h2-4,8H,5-7,12-13H2,1H3. The Kier molecular flexibility index (Phi) is 3.17. The van der Waals surface area contributed by atoms with Gasteiger partial charge in [-0.05, 0) is 12.1 Å². The molecule has 0 aliphatic carbocycles. The Bertz CT molecular complexity index is 370. The SMILES string of the molecule is CN(CC(N)CN)c1ccc2c(c1)OCO2. The molecule has 16 heavy (non-hydrogen) atoms. The summed E-state index contributed by atoms with van der Waals surface area (Å²) in [6.07, 6.45) is 0. The first kappa shape index (κ1) is 11.0. The van der Waals surface area contributed by atoms with Gasteiger partial charge in [-0.25, -0.2) is 0 Å². The number of nitrogens with zero attached hydrogens (tertiary/aromatic N) is 1. The first-order valence-electron chi connectivity index (χ1n) is 5.27. The molecule has 1 aliphatic rings. The normalized spacial score (nSPS) is 14.9. The van der Waals surface area contributed by atoms with Gasteiger partial charge in [-0.1, -0.05) is 0 Å². The minimum Gasteiger partial charge on any atom is -0.454 e. The average molecular weight is 223 g/mol. The molecular weight excluding hydrogens is 206 g/mol. The van der Waals surface area contributed by atoms with E-state index < -0.39 is 0 Å². The van der Waals surface area contributed by atoms with E-state index in [1.165, 1.54) is 0 Å². The molecule has 0 saturated carbocycles. The molecule has 0 amide bonds. The molecule has 5 heteroatoms. The molecule has 5 nitrogen and oxygen atoms in total.